The van der Waals surface area contributed by atoms with Crippen LogP contribution in [0.3, 0.4) is 0 Å². The molecule has 18 heavy (non-hydrogen) atoms. The molecule has 2 unspecified atom stereocenters. The predicted molar refractivity (Wildman–Crippen MR) is 76.8 cm³/mol. The quantitative estimate of drug-likeness (QED) is 0.698. The van der Waals surface area contributed by atoms with Crippen molar-refractivity contribution in [3.05, 3.63) is 0 Å². The number of hydrogen-bond donors (Lipinski definition) is 1. The van der Waals surface area contributed by atoms with Crippen LogP contribution in [-0.4, -0.2) is 25.8 Å². The summed E-state index contributed by atoms with van der Waals surface area (Å²) < 4.78 is 5.85. The standard InChI is InChI=1S/C16H31NO/c1-14-6-4-7-15(12-14)13-18-11-5-10-17-16-8-2-3-9-16/h14-17H,2-13H2,1H3. The molecule has 0 heterocycles. The smallest absolute Gasteiger partial charge is 0.0494 e. The molecule has 2 fully saturated rings. The lowest BCUT2D eigenvalue weighted by atomic mass is 9.83. The number of nitrogens with one attached hydrogen (secondary N) is 1. The van der Waals surface area contributed by atoms with E-state index in [4.69, 9.17) is 4.74 Å². The normalized spacial score (nSPS) is 29.8. The Morgan fingerprint density at radius 1 is 1.06 bits per heavy atom. The average Bonchev–Trinajstić information content (AvgIpc) is 2.87. The number of ether oxygens (including phenoxy) is 1. The van der Waals surface area contributed by atoms with Gasteiger partial charge in [0.15, 0.2) is 0 Å². The summed E-state index contributed by atoms with van der Waals surface area (Å²) in [7, 11) is 0. The fourth-order valence-corrected chi connectivity index (χ4v) is 3.57. The predicted octanol–water partition coefficient (Wildman–Crippen LogP) is 3.75. The minimum atomic E-state index is 0.809. The van der Waals surface area contributed by atoms with Crippen molar-refractivity contribution in [2.45, 2.75) is 70.8 Å². The zero-order chi connectivity index (χ0) is 12.6. The summed E-state index contributed by atoms with van der Waals surface area (Å²) in [6, 6.07) is 0.809. The Morgan fingerprint density at radius 3 is 2.67 bits per heavy atom. The Balaban J connectivity index is 1.41. The van der Waals surface area contributed by atoms with Crippen LogP contribution in [0.5, 0.6) is 0 Å². The largest absolute Gasteiger partial charge is 0.381 e. The third kappa shape index (κ3) is 5.27. The summed E-state index contributed by atoms with van der Waals surface area (Å²) in [5.41, 5.74) is 0. The van der Waals surface area contributed by atoms with Crippen LogP contribution in [0, 0.1) is 11.8 Å². The molecule has 2 aliphatic rings. The molecule has 0 saturated heterocycles. The first-order valence-electron chi connectivity index (χ1n) is 8.15. The van der Waals surface area contributed by atoms with Gasteiger partial charge in [0, 0.05) is 19.3 Å². The Hall–Kier alpha value is -0.0800. The average molecular weight is 253 g/mol. The van der Waals surface area contributed by atoms with Gasteiger partial charge in [-0.15, -0.1) is 0 Å². The Bertz CT molecular complexity index is 213. The van der Waals surface area contributed by atoms with E-state index in [0.29, 0.717) is 0 Å². The van der Waals surface area contributed by atoms with Crippen LogP contribution in [0.2, 0.25) is 0 Å². The van der Waals surface area contributed by atoms with Gasteiger partial charge in [-0.2, -0.15) is 0 Å². The zero-order valence-electron chi connectivity index (χ0n) is 12.1. The highest BCUT2D eigenvalue weighted by atomic mass is 16.5. The van der Waals surface area contributed by atoms with Crippen molar-refractivity contribution < 1.29 is 4.74 Å². The molecule has 2 atom stereocenters. The van der Waals surface area contributed by atoms with Gasteiger partial charge in [0.25, 0.3) is 0 Å². The van der Waals surface area contributed by atoms with Crippen molar-refractivity contribution in [2.75, 3.05) is 19.8 Å². The third-order valence-electron chi connectivity index (χ3n) is 4.65. The molecule has 2 nitrogen and oxygen atoms in total. The molecule has 0 aromatic carbocycles. The number of rotatable bonds is 7. The van der Waals surface area contributed by atoms with Crippen LogP contribution in [0.1, 0.15) is 64.7 Å². The molecular formula is C16H31NO. The molecule has 0 aromatic rings. The fraction of sp³-hybridized carbons (Fsp3) is 1.00. The molecule has 0 aliphatic heterocycles. The lowest BCUT2D eigenvalue weighted by Crippen LogP contribution is -2.27. The molecule has 2 saturated carbocycles. The molecule has 2 aliphatic carbocycles. The molecule has 106 valence electrons. The van der Waals surface area contributed by atoms with Crippen LogP contribution in [-0.2, 0) is 4.74 Å². The van der Waals surface area contributed by atoms with Gasteiger partial charge in [-0.3, -0.25) is 0 Å². The highest BCUT2D eigenvalue weighted by Gasteiger charge is 2.18. The van der Waals surface area contributed by atoms with E-state index in [2.05, 4.69) is 12.2 Å². The molecular weight excluding hydrogens is 222 g/mol. The van der Waals surface area contributed by atoms with Crippen LogP contribution >= 0.6 is 0 Å². The summed E-state index contributed by atoms with van der Waals surface area (Å²) in [5.74, 6) is 1.77. The van der Waals surface area contributed by atoms with Crippen molar-refractivity contribution in [1.29, 1.82) is 0 Å². The zero-order valence-corrected chi connectivity index (χ0v) is 12.1. The minimum Gasteiger partial charge on any atom is -0.381 e. The second-order valence-electron chi connectivity index (χ2n) is 6.50. The van der Waals surface area contributed by atoms with Gasteiger partial charge in [-0.25, -0.2) is 0 Å². The summed E-state index contributed by atoms with van der Waals surface area (Å²) >= 11 is 0. The summed E-state index contributed by atoms with van der Waals surface area (Å²) in [4.78, 5) is 0. The molecule has 2 rings (SSSR count). The minimum absolute atomic E-state index is 0.809. The fourth-order valence-electron chi connectivity index (χ4n) is 3.57. The number of hydrogen-bond acceptors (Lipinski definition) is 2. The van der Waals surface area contributed by atoms with E-state index >= 15 is 0 Å². The van der Waals surface area contributed by atoms with Crippen LogP contribution < -0.4 is 5.32 Å². The van der Waals surface area contributed by atoms with Crippen molar-refractivity contribution in [3.8, 4) is 0 Å². The van der Waals surface area contributed by atoms with Crippen molar-refractivity contribution in [2.24, 2.45) is 11.8 Å². The lowest BCUT2D eigenvalue weighted by molar-refractivity contribution is 0.0747. The van der Waals surface area contributed by atoms with E-state index in [0.717, 1.165) is 37.6 Å². The SMILES string of the molecule is CC1CCCC(COCCCNC2CCCC2)C1. The molecule has 0 amide bonds. The first-order chi connectivity index (χ1) is 8.84. The van der Waals surface area contributed by atoms with Gasteiger partial charge in [-0.1, -0.05) is 32.6 Å². The topological polar surface area (TPSA) is 21.3 Å². The lowest BCUT2D eigenvalue weighted by Gasteiger charge is -2.26. The van der Waals surface area contributed by atoms with Crippen molar-refractivity contribution in [3.63, 3.8) is 0 Å². The van der Waals surface area contributed by atoms with Crippen molar-refractivity contribution >= 4 is 0 Å². The van der Waals surface area contributed by atoms with Crippen LogP contribution in [0.15, 0.2) is 0 Å². The molecule has 0 radical (unpaired) electrons. The highest BCUT2D eigenvalue weighted by molar-refractivity contribution is 4.73. The first-order valence-corrected chi connectivity index (χ1v) is 8.15. The third-order valence-corrected chi connectivity index (χ3v) is 4.65. The Morgan fingerprint density at radius 2 is 1.89 bits per heavy atom. The van der Waals surface area contributed by atoms with E-state index in [-0.39, 0.29) is 0 Å². The monoisotopic (exact) mass is 253 g/mol. The molecule has 0 aromatic heterocycles. The first kappa shape index (κ1) is 14.3. The second-order valence-corrected chi connectivity index (χ2v) is 6.50. The second kappa shape index (κ2) is 8.16. The van der Waals surface area contributed by atoms with Crippen LogP contribution in [0.25, 0.3) is 0 Å². The molecule has 2 heteroatoms. The van der Waals surface area contributed by atoms with Gasteiger partial charge in [0.2, 0.25) is 0 Å². The van der Waals surface area contributed by atoms with E-state index in [1.165, 1.54) is 57.8 Å². The summed E-state index contributed by atoms with van der Waals surface area (Å²) in [5, 5.41) is 3.65. The maximum atomic E-state index is 5.85. The van der Waals surface area contributed by atoms with Gasteiger partial charge >= 0.3 is 0 Å². The Kier molecular flexibility index (Phi) is 6.50. The van der Waals surface area contributed by atoms with E-state index < -0.39 is 0 Å². The van der Waals surface area contributed by atoms with Crippen LogP contribution in [0.4, 0.5) is 0 Å². The maximum Gasteiger partial charge on any atom is 0.0494 e. The molecule has 0 bridgehead atoms. The van der Waals surface area contributed by atoms with Crippen molar-refractivity contribution in [1.82, 2.24) is 5.32 Å². The van der Waals surface area contributed by atoms with Gasteiger partial charge in [-0.05, 0) is 50.5 Å². The molecule has 1 N–H and O–H groups in total. The summed E-state index contributed by atoms with van der Waals surface area (Å²) in [6.45, 7) is 5.49. The van der Waals surface area contributed by atoms with Gasteiger partial charge in [0.1, 0.15) is 0 Å². The highest BCUT2D eigenvalue weighted by Crippen LogP contribution is 2.28. The van der Waals surface area contributed by atoms with E-state index in [9.17, 15) is 0 Å². The van der Waals surface area contributed by atoms with E-state index in [1.807, 2.05) is 0 Å². The van der Waals surface area contributed by atoms with Gasteiger partial charge < -0.3 is 10.1 Å². The maximum absolute atomic E-state index is 5.85. The molecule has 0 spiro atoms. The summed E-state index contributed by atoms with van der Waals surface area (Å²) in [6.07, 6.45) is 12.4. The van der Waals surface area contributed by atoms with E-state index in [1.54, 1.807) is 0 Å². The van der Waals surface area contributed by atoms with Gasteiger partial charge in [0.05, 0.1) is 0 Å². The Labute approximate surface area is 113 Å².